The second-order valence-corrected chi connectivity index (χ2v) is 9.05. The van der Waals surface area contributed by atoms with Gasteiger partial charge in [0, 0.05) is 12.0 Å². The molecule has 3 aromatic carbocycles. The molecule has 33 heavy (non-hydrogen) atoms. The van der Waals surface area contributed by atoms with Gasteiger partial charge in [-0.05, 0) is 61.9 Å². The molecule has 4 nitrogen and oxygen atoms in total. The number of methoxy groups -OCH3 is 2. The lowest BCUT2D eigenvalue weighted by Crippen LogP contribution is -2.30. The molecule has 1 fully saturated rings. The molecule has 1 aliphatic rings. The third-order valence-electron chi connectivity index (χ3n) is 6.73. The first-order valence-corrected chi connectivity index (χ1v) is 11.6. The zero-order valence-electron chi connectivity index (χ0n) is 20.0. The maximum atomic E-state index is 13.2. The Morgan fingerprint density at radius 1 is 0.909 bits per heavy atom. The first-order valence-electron chi connectivity index (χ1n) is 11.6. The van der Waals surface area contributed by atoms with E-state index in [1.165, 1.54) is 27.8 Å². The Balaban J connectivity index is 1.42. The molecule has 1 aliphatic carbocycles. The van der Waals surface area contributed by atoms with Gasteiger partial charge in [0.25, 0.3) is 0 Å². The zero-order chi connectivity index (χ0) is 23.4. The predicted molar refractivity (Wildman–Crippen MR) is 132 cm³/mol. The second kappa shape index (κ2) is 9.70. The summed E-state index contributed by atoms with van der Waals surface area (Å²) in [5.41, 5.74) is 5.85. The van der Waals surface area contributed by atoms with Crippen molar-refractivity contribution < 1.29 is 14.3 Å². The van der Waals surface area contributed by atoms with E-state index in [2.05, 4.69) is 67.7 Å². The molecule has 0 aliphatic heterocycles. The summed E-state index contributed by atoms with van der Waals surface area (Å²) >= 11 is 0. The van der Waals surface area contributed by atoms with E-state index in [9.17, 15) is 4.79 Å². The van der Waals surface area contributed by atoms with Gasteiger partial charge in [0.2, 0.25) is 5.91 Å². The number of hydrogen-bond donors (Lipinski definition) is 1. The van der Waals surface area contributed by atoms with E-state index in [1.807, 2.05) is 18.2 Å². The van der Waals surface area contributed by atoms with Gasteiger partial charge < -0.3 is 14.8 Å². The smallest absolute Gasteiger partial charge is 0.224 e. The first-order chi connectivity index (χ1) is 16.0. The van der Waals surface area contributed by atoms with Crippen molar-refractivity contribution in [1.29, 1.82) is 0 Å². The summed E-state index contributed by atoms with van der Waals surface area (Å²) in [6.07, 6.45) is 2.59. The van der Waals surface area contributed by atoms with E-state index in [1.54, 1.807) is 14.2 Å². The third kappa shape index (κ3) is 4.75. The normalized spacial score (nSPS) is 16.2. The fraction of sp³-hybridized carbons (Fsp3) is 0.345. The van der Waals surface area contributed by atoms with Crippen LogP contribution in [0, 0.1) is 19.8 Å². The number of benzene rings is 3. The fourth-order valence-electron chi connectivity index (χ4n) is 4.89. The maximum absolute atomic E-state index is 13.2. The van der Waals surface area contributed by atoms with Crippen LogP contribution in [0.4, 0.5) is 0 Å². The monoisotopic (exact) mass is 443 g/mol. The van der Waals surface area contributed by atoms with Crippen LogP contribution in [0.1, 0.15) is 40.7 Å². The van der Waals surface area contributed by atoms with Gasteiger partial charge in [-0.3, -0.25) is 4.79 Å². The average Bonchev–Trinajstić information content (AvgIpc) is 3.59. The fourth-order valence-corrected chi connectivity index (χ4v) is 4.89. The summed E-state index contributed by atoms with van der Waals surface area (Å²) in [5, 5.41) is 3.19. The Labute approximate surface area is 196 Å². The predicted octanol–water partition coefficient (Wildman–Crippen LogP) is 5.38. The number of carbonyl (C=O) groups is 1. The molecule has 0 unspecified atom stereocenters. The van der Waals surface area contributed by atoms with Crippen LogP contribution in [0.15, 0.2) is 66.7 Å². The van der Waals surface area contributed by atoms with E-state index >= 15 is 0 Å². The number of nitrogens with one attached hydrogen (secondary N) is 1. The number of aryl methyl sites for hydroxylation is 3. The van der Waals surface area contributed by atoms with Crippen molar-refractivity contribution in [2.45, 2.75) is 38.5 Å². The molecule has 0 aromatic heterocycles. The van der Waals surface area contributed by atoms with Crippen molar-refractivity contribution in [1.82, 2.24) is 5.32 Å². The lowest BCUT2D eigenvalue weighted by molar-refractivity contribution is -0.122. The minimum atomic E-state index is -0.231. The van der Waals surface area contributed by atoms with Gasteiger partial charge >= 0.3 is 0 Å². The molecule has 0 saturated heterocycles. The number of ether oxygens (including phenoxy) is 2. The van der Waals surface area contributed by atoms with Crippen LogP contribution >= 0.6 is 0 Å². The van der Waals surface area contributed by atoms with Gasteiger partial charge in [-0.2, -0.15) is 0 Å². The van der Waals surface area contributed by atoms with Crippen molar-refractivity contribution >= 4 is 5.91 Å². The van der Waals surface area contributed by atoms with Crippen molar-refractivity contribution in [2.24, 2.45) is 5.92 Å². The summed E-state index contributed by atoms with van der Waals surface area (Å²) < 4.78 is 10.7. The summed E-state index contributed by atoms with van der Waals surface area (Å²) in [6.45, 7) is 4.87. The molecule has 0 bridgehead atoms. The molecule has 0 radical (unpaired) electrons. The molecular formula is C29H33NO3. The van der Waals surface area contributed by atoms with Crippen molar-refractivity contribution in [3.8, 4) is 11.5 Å². The SMILES string of the molecule is COc1ccc(CCCNC(=O)[C@H]2CC2(c2cccc(C)c2)c2cccc(C)c2)cc1OC. The standard InChI is InChI=1S/C29H33NO3/c1-20-8-5-11-23(16-20)29(24-12-6-9-21(2)17-24)19-25(29)28(31)30-15-7-10-22-13-14-26(32-3)27(18-22)33-4/h5-6,8-9,11-14,16-18,25H,7,10,15,19H2,1-4H3,(H,30,31)/t25-/m1/s1. The summed E-state index contributed by atoms with van der Waals surface area (Å²) in [5.74, 6) is 1.57. The maximum Gasteiger partial charge on any atom is 0.224 e. The zero-order valence-corrected chi connectivity index (χ0v) is 20.0. The second-order valence-electron chi connectivity index (χ2n) is 9.05. The molecule has 4 heteroatoms. The highest BCUT2D eigenvalue weighted by atomic mass is 16.5. The average molecular weight is 444 g/mol. The molecule has 1 saturated carbocycles. The number of rotatable bonds is 9. The van der Waals surface area contributed by atoms with Crippen LogP contribution in [0.2, 0.25) is 0 Å². The van der Waals surface area contributed by atoms with Crippen molar-refractivity contribution in [2.75, 3.05) is 20.8 Å². The number of amides is 1. The highest BCUT2D eigenvalue weighted by Crippen LogP contribution is 2.59. The van der Waals surface area contributed by atoms with Crippen LogP contribution in [-0.4, -0.2) is 26.7 Å². The van der Waals surface area contributed by atoms with E-state index in [-0.39, 0.29) is 17.2 Å². The van der Waals surface area contributed by atoms with Crippen molar-refractivity contribution in [3.05, 3.63) is 94.5 Å². The quantitative estimate of drug-likeness (QED) is 0.452. The lowest BCUT2D eigenvalue weighted by atomic mass is 9.84. The first kappa shape index (κ1) is 22.9. The van der Waals surface area contributed by atoms with E-state index in [4.69, 9.17) is 9.47 Å². The minimum absolute atomic E-state index is 0.0396. The van der Waals surface area contributed by atoms with E-state index in [0.717, 1.165) is 30.8 Å². The summed E-state index contributed by atoms with van der Waals surface area (Å²) in [7, 11) is 3.28. The molecule has 0 spiro atoms. The lowest BCUT2D eigenvalue weighted by Gasteiger charge is -2.20. The highest BCUT2D eigenvalue weighted by Gasteiger charge is 2.60. The van der Waals surface area contributed by atoms with Gasteiger partial charge in [-0.15, -0.1) is 0 Å². The molecule has 1 amide bonds. The van der Waals surface area contributed by atoms with Crippen LogP contribution in [0.25, 0.3) is 0 Å². The topological polar surface area (TPSA) is 47.6 Å². The molecule has 4 rings (SSSR count). The molecular weight excluding hydrogens is 410 g/mol. The third-order valence-corrected chi connectivity index (χ3v) is 6.73. The number of carbonyl (C=O) groups excluding carboxylic acids is 1. The largest absolute Gasteiger partial charge is 0.493 e. The van der Waals surface area contributed by atoms with Gasteiger partial charge in [0.1, 0.15) is 0 Å². The Morgan fingerprint density at radius 2 is 1.55 bits per heavy atom. The van der Waals surface area contributed by atoms with Gasteiger partial charge in [0.15, 0.2) is 11.5 Å². The van der Waals surface area contributed by atoms with Crippen LogP contribution in [0.3, 0.4) is 0 Å². The van der Waals surface area contributed by atoms with Crippen molar-refractivity contribution in [3.63, 3.8) is 0 Å². The Kier molecular flexibility index (Phi) is 6.73. The van der Waals surface area contributed by atoms with Gasteiger partial charge in [-0.1, -0.05) is 65.7 Å². The van der Waals surface area contributed by atoms with Crippen LogP contribution in [0.5, 0.6) is 11.5 Å². The van der Waals surface area contributed by atoms with E-state index < -0.39 is 0 Å². The summed E-state index contributed by atoms with van der Waals surface area (Å²) in [6, 6.07) is 23.2. The van der Waals surface area contributed by atoms with Gasteiger partial charge in [-0.25, -0.2) is 0 Å². The summed E-state index contributed by atoms with van der Waals surface area (Å²) in [4.78, 5) is 13.2. The van der Waals surface area contributed by atoms with Crippen LogP contribution in [-0.2, 0) is 16.6 Å². The number of hydrogen-bond acceptors (Lipinski definition) is 3. The molecule has 3 aromatic rings. The molecule has 172 valence electrons. The Morgan fingerprint density at radius 3 is 2.12 bits per heavy atom. The molecule has 0 heterocycles. The van der Waals surface area contributed by atoms with Crippen LogP contribution < -0.4 is 14.8 Å². The van der Waals surface area contributed by atoms with E-state index in [0.29, 0.717) is 6.54 Å². The Bertz CT molecular complexity index is 1090. The van der Waals surface area contributed by atoms with Gasteiger partial charge in [0.05, 0.1) is 20.1 Å². The Hall–Kier alpha value is -3.27. The highest BCUT2D eigenvalue weighted by molar-refractivity contribution is 5.86. The molecule has 1 N–H and O–H groups in total. The minimum Gasteiger partial charge on any atom is -0.493 e. The molecule has 1 atom stereocenters.